The van der Waals surface area contributed by atoms with Crippen LogP contribution in [0.4, 0.5) is 0 Å². The van der Waals surface area contributed by atoms with Crippen LogP contribution in [-0.4, -0.2) is 65.4 Å². The first kappa shape index (κ1) is 31.0. The number of ether oxygens (including phenoxy) is 3. The van der Waals surface area contributed by atoms with Crippen LogP contribution in [0.5, 0.6) is 0 Å². The average Bonchev–Trinajstić information content (AvgIpc) is 3.73. The molecule has 0 unspecified atom stereocenters. The van der Waals surface area contributed by atoms with Crippen molar-refractivity contribution in [1.82, 2.24) is 10.6 Å². The van der Waals surface area contributed by atoms with Gasteiger partial charge in [-0.25, -0.2) is 9.59 Å². The summed E-state index contributed by atoms with van der Waals surface area (Å²) >= 11 is 0. The van der Waals surface area contributed by atoms with E-state index >= 15 is 0 Å². The van der Waals surface area contributed by atoms with E-state index in [0.29, 0.717) is 45.3 Å². The number of benzene rings is 1. The first-order valence-electron chi connectivity index (χ1n) is 15.2. The molecule has 10 nitrogen and oxygen atoms in total. The summed E-state index contributed by atoms with van der Waals surface area (Å²) in [5.74, 6) is -1.67. The maximum atomic E-state index is 12.8. The van der Waals surface area contributed by atoms with Gasteiger partial charge in [0.05, 0.1) is 0 Å². The number of rotatable bonds is 8. The van der Waals surface area contributed by atoms with Gasteiger partial charge in [0.1, 0.15) is 29.9 Å². The molecule has 2 aliphatic carbocycles. The molecule has 0 aromatic heterocycles. The number of esters is 1. The molecule has 2 saturated carbocycles. The van der Waals surface area contributed by atoms with Crippen molar-refractivity contribution in [3.63, 3.8) is 0 Å². The number of carboxylic acids is 1. The second-order valence-corrected chi connectivity index (χ2v) is 11.6. The second-order valence-electron chi connectivity index (χ2n) is 11.6. The number of hydrogen-bond donors (Lipinski definition) is 3. The van der Waals surface area contributed by atoms with E-state index < -0.39 is 29.3 Å². The van der Waals surface area contributed by atoms with Crippen molar-refractivity contribution in [3.05, 3.63) is 35.9 Å². The monoisotopic (exact) mass is 572 g/mol. The van der Waals surface area contributed by atoms with Gasteiger partial charge in [-0.1, -0.05) is 68.9 Å². The van der Waals surface area contributed by atoms with Gasteiger partial charge in [-0.2, -0.15) is 0 Å². The first-order valence-corrected chi connectivity index (χ1v) is 15.2. The normalized spacial score (nSPS) is 24.8. The molecule has 4 fully saturated rings. The molecule has 2 amide bonds. The van der Waals surface area contributed by atoms with Crippen LogP contribution >= 0.6 is 0 Å². The number of carboxylic acid groups (broad SMARTS) is 1. The van der Waals surface area contributed by atoms with Gasteiger partial charge in [0.2, 0.25) is 11.8 Å². The molecule has 4 aliphatic rings. The molecular formula is C31H44N2O8. The van der Waals surface area contributed by atoms with Gasteiger partial charge in [-0.3, -0.25) is 9.59 Å². The number of amides is 2. The highest BCUT2D eigenvalue weighted by atomic mass is 16.5. The summed E-state index contributed by atoms with van der Waals surface area (Å²) in [6.45, 7) is 1.44. The fraction of sp³-hybridized carbons (Fsp3) is 0.677. The van der Waals surface area contributed by atoms with Crippen LogP contribution in [0.25, 0.3) is 0 Å². The maximum Gasteiger partial charge on any atom is 0.332 e. The van der Waals surface area contributed by atoms with Gasteiger partial charge < -0.3 is 30.0 Å². The minimum atomic E-state index is -1.05. The number of nitrogens with one attached hydrogen (secondary N) is 2. The third kappa shape index (κ3) is 8.29. The Bertz CT molecular complexity index is 1020. The first-order chi connectivity index (χ1) is 19.8. The van der Waals surface area contributed by atoms with Gasteiger partial charge in [-0.05, 0) is 56.9 Å². The van der Waals surface area contributed by atoms with Gasteiger partial charge in [0, 0.05) is 13.2 Å². The molecule has 0 radical (unpaired) electrons. The molecule has 5 rings (SSSR count). The Balaban J connectivity index is 0.000000201. The molecule has 226 valence electrons. The molecule has 2 aliphatic heterocycles. The smallest absolute Gasteiger partial charge is 0.332 e. The zero-order chi connectivity index (χ0) is 29.1. The largest absolute Gasteiger partial charge is 0.480 e. The van der Waals surface area contributed by atoms with Crippen LogP contribution in [0.15, 0.2) is 30.3 Å². The third-order valence-corrected chi connectivity index (χ3v) is 8.60. The Hall–Kier alpha value is -2.98. The van der Waals surface area contributed by atoms with E-state index in [1.54, 1.807) is 0 Å². The molecule has 2 heterocycles. The summed E-state index contributed by atoms with van der Waals surface area (Å²) < 4.78 is 16.3. The van der Waals surface area contributed by atoms with E-state index in [-0.39, 0.29) is 24.4 Å². The molecule has 41 heavy (non-hydrogen) atoms. The highest BCUT2D eigenvalue weighted by Gasteiger charge is 2.44. The Labute approximate surface area is 241 Å². The third-order valence-electron chi connectivity index (χ3n) is 8.60. The lowest BCUT2D eigenvalue weighted by molar-refractivity contribution is -0.158. The highest BCUT2D eigenvalue weighted by Crippen LogP contribution is 2.31. The summed E-state index contributed by atoms with van der Waals surface area (Å²) in [5.41, 5.74) is -1.00. The van der Waals surface area contributed by atoms with Crippen molar-refractivity contribution in [2.24, 2.45) is 0 Å². The van der Waals surface area contributed by atoms with Crippen LogP contribution < -0.4 is 10.6 Å². The predicted octanol–water partition coefficient (Wildman–Crippen LogP) is 3.80. The summed E-state index contributed by atoms with van der Waals surface area (Å²) in [4.78, 5) is 48.5. The SMILES string of the molecule is O=C(NC1(C(=O)O)CCCCC1)[C@H]1CCCO1.O=C(NC1(C(=O)OCc2ccccc2)CCCCC1)[C@H]1CCCO1. The molecule has 1 aromatic carbocycles. The van der Waals surface area contributed by atoms with Gasteiger partial charge in [0.15, 0.2) is 0 Å². The number of carbonyl (C=O) groups is 4. The Morgan fingerprint density at radius 1 is 0.732 bits per heavy atom. The summed E-state index contributed by atoms with van der Waals surface area (Å²) in [6.07, 6.45) is 10.3. The van der Waals surface area contributed by atoms with Gasteiger partial charge >= 0.3 is 11.9 Å². The number of hydrogen-bond acceptors (Lipinski definition) is 7. The van der Waals surface area contributed by atoms with Crippen LogP contribution in [0.3, 0.4) is 0 Å². The zero-order valence-corrected chi connectivity index (χ0v) is 23.9. The van der Waals surface area contributed by atoms with Crippen molar-refractivity contribution < 1.29 is 38.5 Å². The molecular weight excluding hydrogens is 528 g/mol. The van der Waals surface area contributed by atoms with Crippen molar-refractivity contribution in [2.45, 2.75) is 120 Å². The molecule has 0 spiro atoms. The quantitative estimate of drug-likeness (QED) is 0.400. The number of carbonyl (C=O) groups excluding carboxylic acids is 3. The Morgan fingerprint density at radius 2 is 1.22 bits per heavy atom. The van der Waals surface area contributed by atoms with Crippen LogP contribution in [0.1, 0.15) is 95.5 Å². The van der Waals surface area contributed by atoms with Crippen LogP contribution in [-0.2, 0) is 40.0 Å². The van der Waals surface area contributed by atoms with Crippen LogP contribution in [0.2, 0.25) is 0 Å². The maximum absolute atomic E-state index is 12.8. The molecule has 1 aromatic rings. The zero-order valence-electron chi connectivity index (χ0n) is 23.9. The van der Waals surface area contributed by atoms with Crippen LogP contribution in [0, 0.1) is 0 Å². The molecule has 10 heteroatoms. The molecule has 2 saturated heterocycles. The van der Waals surface area contributed by atoms with E-state index in [9.17, 15) is 24.3 Å². The van der Waals surface area contributed by atoms with E-state index in [2.05, 4.69) is 10.6 Å². The lowest BCUT2D eigenvalue weighted by Crippen LogP contribution is -2.58. The fourth-order valence-corrected chi connectivity index (χ4v) is 6.15. The summed E-state index contributed by atoms with van der Waals surface area (Å²) in [6, 6.07) is 9.60. The predicted molar refractivity (Wildman–Crippen MR) is 150 cm³/mol. The van der Waals surface area contributed by atoms with Crippen molar-refractivity contribution in [1.29, 1.82) is 0 Å². The van der Waals surface area contributed by atoms with E-state index in [4.69, 9.17) is 14.2 Å². The number of aliphatic carboxylic acids is 1. The Kier molecular flexibility index (Phi) is 11.2. The minimum Gasteiger partial charge on any atom is -0.480 e. The van der Waals surface area contributed by atoms with E-state index in [0.717, 1.165) is 63.4 Å². The Morgan fingerprint density at radius 3 is 1.68 bits per heavy atom. The lowest BCUT2D eigenvalue weighted by atomic mass is 9.81. The second kappa shape index (κ2) is 14.8. The van der Waals surface area contributed by atoms with Crippen molar-refractivity contribution in [3.8, 4) is 0 Å². The van der Waals surface area contributed by atoms with Crippen molar-refractivity contribution >= 4 is 23.8 Å². The highest BCUT2D eigenvalue weighted by molar-refractivity contribution is 5.90. The van der Waals surface area contributed by atoms with E-state index in [1.165, 1.54) is 0 Å². The average molecular weight is 573 g/mol. The minimum absolute atomic E-state index is 0.175. The standard InChI is InChI=1S/C19H25NO4.C12H19NO4/c21-17(16-10-7-13-23-16)20-19(11-5-2-6-12-19)18(22)24-14-15-8-3-1-4-9-15;14-10(9-5-4-8-17-9)13-12(11(15)16)6-2-1-3-7-12/h1,3-4,8-9,16H,2,5-7,10-14H2,(H,20,21);9H,1-8H2,(H,13,14)(H,15,16)/t16-;9-/m11/s1. The molecule has 0 bridgehead atoms. The van der Waals surface area contributed by atoms with Crippen molar-refractivity contribution in [2.75, 3.05) is 13.2 Å². The fourth-order valence-electron chi connectivity index (χ4n) is 6.15. The topological polar surface area (TPSA) is 140 Å². The molecule has 2 atom stereocenters. The van der Waals surface area contributed by atoms with E-state index in [1.807, 2.05) is 30.3 Å². The summed E-state index contributed by atoms with van der Waals surface area (Å²) in [5, 5.41) is 15.0. The van der Waals surface area contributed by atoms with Gasteiger partial charge in [0.25, 0.3) is 0 Å². The van der Waals surface area contributed by atoms with Gasteiger partial charge in [-0.15, -0.1) is 0 Å². The lowest BCUT2D eigenvalue weighted by Gasteiger charge is -2.36. The molecule has 3 N–H and O–H groups in total. The summed E-state index contributed by atoms with van der Waals surface area (Å²) in [7, 11) is 0.